The van der Waals surface area contributed by atoms with Crippen LogP contribution in [0, 0.1) is 5.92 Å². The van der Waals surface area contributed by atoms with Crippen LogP contribution in [0.2, 0.25) is 0 Å². The van der Waals surface area contributed by atoms with Crippen molar-refractivity contribution in [2.75, 3.05) is 26.8 Å². The average Bonchev–Trinajstić information content (AvgIpc) is 2.87. The van der Waals surface area contributed by atoms with E-state index in [9.17, 15) is 4.79 Å². The van der Waals surface area contributed by atoms with Crippen LogP contribution >= 0.6 is 11.3 Å². The maximum Gasteiger partial charge on any atom is 0.328 e. The number of likely N-dealkylation sites (tertiary alicyclic amines) is 1. The molecule has 1 N–H and O–H groups in total. The van der Waals surface area contributed by atoms with Gasteiger partial charge < -0.3 is 9.84 Å². The van der Waals surface area contributed by atoms with E-state index in [1.54, 1.807) is 24.5 Å². The minimum atomic E-state index is -0.905. The highest BCUT2D eigenvalue weighted by Gasteiger charge is 2.19. The molecule has 5 heteroatoms. The second-order valence-electron chi connectivity index (χ2n) is 5.19. The van der Waals surface area contributed by atoms with Crippen LogP contribution in [0.25, 0.3) is 6.08 Å². The van der Waals surface area contributed by atoms with Crippen molar-refractivity contribution < 1.29 is 14.6 Å². The SMILES string of the molecule is COCC1CCN(Cc2cc(C=CC(=O)O)cs2)CC1. The molecule has 20 heavy (non-hydrogen) atoms. The summed E-state index contributed by atoms with van der Waals surface area (Å²) in [6.45, 7) is 4.07. The Morgan fingerprint density at radius 3 is 2.95 bits per heavy atom. The maximum atomic E-state index is 10.5. The number of nitrogens with zero attached hydrogens (tertiary/aromatic N) is 1. The number of hydrogen-bond acceptors (Lipinski definition) is 4. The molecule has 2 heterocycles. The van der Waals surface area contributed by atoms with Gasteiger partial charge >= 0.3 is 5.97 Å². The van der Waals surface area contributed by atoms with Crippen molar-refractivity contribution in [3.8, 4) is 0 Å². The van der Waals surface area contributed by atoms with Crippen LogP contribution in [0.1, 0.15) is 23.3 Å². The van der Waals surface area contributed by atoms with E-state index in [0.29, 0.717) is 5.92 Å². The van der Waals surface area contributed by atoms with Gasteiger partial charge in [-0.05, 0) is 54.9 Å². The third kappa shape index (κ3) is 4.74. The number of carboxylic acids is 1. The van der Waals surface area contributed by atoms with Gasteiger partial charge in [-0.25, -0.2) is 4.79 Å². The van der Waals surface area contributed by atoms with Crippen LogP contribution in [0.5, 0.6) is 0 Å². The summed E-state index contributed by atoms with van der Waals surface area (Å²) in [7, 11) is 1.77. The molecular weight excluding hydrogens is 274 g/mol. The summed E-state index contributed by atoms with van der Waals surface area (Å²) in [5.41, 5.74) is 0.974. The molecule has 1 saturated heterocycles. The number of thiophene rings is 1. The van der Waals surface area contributed by atoms with E-state index in [1.165, 1.54) is 23.8 Å². The Balaban J connectivity index is 1.81. The van der Waals surface area contributed by atoms with Crippen LogP contribution in [0.4, 0.5) is 0 Å². The third-order valence-corrected chi connectivity index (χ3v) is 4.52. The quantitative estimate of drug-likeness (QED) is 0.820. The number of ether oxygens (including phenoxy) is 1. The van der Waals surface area contributed by atoms with E-state index in [0.717, 1.165) is 31.8 Å². The van der Waals surface area contributed by atoms with Gasteiger partial charge in [0.15, 0.2) is 0 Å². The van der Waals surface area contributed by atoms with E-state index < -0.39 is 5.97 Å². The molecule has 1 fully saturated rings. The van der Waals surface area contributed by atoms with Gasteiger partial charge in [0.1, 0.15) is 0 Å². The first-order valence-corrected chi connectivity index (χ1v) is 7.75. The predicted octanol–water partition coefficient (Wildman–Crippen LogP) is 2.70. The number of aliphatic carboxylic acids is 1. The molecule has 0 bridgehead atoms. The molecule has 0 radical (unpaired) electrons. The molecular formula is C15H21NO3S. The number of carboxylic acid groups (broad SMARTS) is 1. The molecule has 1 aromatic heterocycles. The average molecular weight is 295 g/mol. The zero-order valence-electron chi connectivity index (χ0n) is 11.7. The topological polar surface area (TPSA) is 49.8 Å². The van der Waals surface area contributed by atoms with Gasteiger partial charge in [-0.15, -0.1) is 11.3 Å². The largest absolute Gasteiger partial charge is 0.478 e. The summed E-state index contributed by atoms with van der Waals surface area (Å²) in [6.07, 6.45) is 5.23. The lowest BCUT2D eigenvalue weighted by Gasteiger charge is -2.31. The molecule has 0 spiro atoms. The number of rotatable bonds is 6. The Labute approximate surface area is 123 Å². The lowest BCUT2D eigenvalue weighted by molar-refractivity contribution is -0.131. The van der Waals surface area contributed by atoms with Crippen LogP contribution in [0.3, 0.4) is 0 Å². The summed E-state index contributed by atoms with van der Waals surface area (Å²) in [4.78, 5) is 14.2. The molecule has 1 aliphatic heterocycles. The van der Waals surface area contributed by atoms with Gasteiger partial charge in [0.25, 0.3) is 0 Å². The molecule has 0 saturated carbocycles. The van der Waals surface area contributed by atoms with Gasteiger partial charge in [-0.1, -0.05) is 0 Å². The molecule has 4 nitrogen and oxygen atoms in total. The van der Waals surface area contributed by atoms with Crippen molar-refractivity contribution >= 4 is 23.4 Å². The fourth-order valence-corrected chi connectivity index (χ4v) is 3.40. The lowest BCUT2D eigenvalue weighted by atomic mass is 9.98. The smallest absolute Gasteiger partial charge is 0.328 e. The Hall–Kier alpha value is -1.17. The zero-order valence-corrected chi connectivity index (χ0v) is 12.6. The normalized spacial score (nSPS) is 17.9. The second kappa shape index (κ2) is 7.57. The minimum absolute atomic E-state index is 0.702. The third-order valence-electron chi connectivity index (χ3n) is 3.58. The monoisotopic (exact) mass is 295 g/mol. The summed E-state index contributed by atoms with van der Waals surface area (Å²) in [6, 6.07) is 2.07. The zero-order chi connectivity index (χ0) is 14.4. The molecule has 2 rings (SSSR count). The number of methoxy groups -OCH3 is 1. The molecule has 110 valence electrons. The molecule has 0 unspecified atom stereocenters. The Bertz CT molecular complexity index is 461. The minimum Gasteiger partial charge on any atom is -0.478 e. The number of carbonyl (C=O) groups is 1. The Morgan fingerprint density at radius 2 is 2.30 bits per heavy atom. The Morgan fingerprint density at radius 1 is 1.55 bits per heavy atom. The first-order valence-electron chi connectivity index (χ1n) is 6.87. The first-order chi connectivity index (χ1) is 9.67. The molecule has 1 aromatic rings. The van der Waals surface area contributed by atoms with Crippen LogP contribution in [-0.4, -0.2) is 42.8 Å². The highest BCUT2D eigenvalue weighted by Crippen LogP contribution is 2.22. The van der Waals surface area contributed by atoms with E-state index >= 15 is 0 Å². The lowest BCUT2D eigenvalue weighted by Crippen LogP contribution is -2.34. The highest BCUT2D eigenvalue weighted by molar-refractivity contribution is 7.10. The van der Waals surface area contributed by atoms with Crippen molar-refractivity contribution in [2.24, 2.45) is 5.92 Å². The predicted molar refractivity (Wildman–Crippen MR) is 80.9 cm³/mol. The molecule has 1 aliphatic rings. The fraction of sp³-hybridized carbons (Fsp3) is 0.533. The van der Waals surface area contributed by atoms with E-state index in [-0.39, 0.29) is 0 Å². The van der Waals surface area contributed by atoms with Crippen molar-refractivity contribution in [2.45, 2.75) is 19.4 Å². The Kier molecular flexibility index (Phi) is 5.76. The number of piperidine rings is 1. The van der Waals surface area contributed by atoms with Gasteiger partial charge in [0.05, 0.1) is 0 Å². The van der Waals surface area contributed by atoms with Gasteiger partial charge in [0, 0.05) is 31.2 Å². The van der Waals surface area contributed by atoms with Crippen molar-refractivity contribution in [3.63, 3.8) is 0 Å². The van der Waals surface area contributed by atoms with Crippen LogP contribution < -0.4 is 0 Å². The van der Waals surface area contributed by atoms with Crippen molar-refractivity contribution in [3.05, 3.63) is 28.0 Å². The molecule has 0 aromatic carbocycles. The summed E-state index contributed by atoms with van der Waals surface area (Å²) >= 11 is 1.70. The summed E-state index contributed by atoms with van der Waals surface area (Å²) < 4.78 is 5.21. The van der Waals surface area contributed by atoms with E-state index in [2.05, 4.69) is 11.0 Å². The van der Waals surface area contributed by atoms with Crippen LogP contribution in [-0.2, 0) is 16.1 Å². The van der Waals surface area contributed by atoms with Crippen molar-refractivity contribution in [1.82, 2.24) is 4.90 Å². The second-order valence-corrected chi connectivity index (χ2v) is 6.19. The van der Waals surface area contributed by atoms with Crippen LogP contribution in [0.15, 0.2) is 17.5 Å². The standard InChI is InChI=1S/C15H21NO3S/c1-19-10-12-4-6-16(7-5-12)9-14-8-13(11-20-14)2-3-15(17)18/h2-3,8,11-12H,4-7,9-10H2,1H3,(H,17,18). The summed E-state index contributed by atoms with van der Waals surface area (Å²) in [5.74, 6) is -0.202. The number of hydrogen-bond donors (Lipinski definition) is 1. The highest BCUT2D eigenvalue weighted by atomic mass is 32.1. The fourth-order valence-electron chi connectivity index (χ4n) is 2.50. The summed E-state index contributed by atoms with van der Waals surface area (Å²) in [5, 5.41) is 10.6. The first kappa shape index (κ1) is 15.2. The molecule has 0 atom stereocenters. The van der Waals surface area contributed by atoms with Gasteiger partial charge in [-0.3, -0.25) is 4.90 Å². The molecule has 0 amide bonds. The van der Waals surface area contributed by atoms with E-state index in [4.69, 9.17) is 9.84 Å². The molecule has 0 aliphatic carbocycles. The van der Waals surface area contributed by atoms with E-state index in [1.807, 2.05) is 5.38 Å². The van der Waals surface area contributed by atoms with Gasteiger partial charge in [-0.2, -0.15) is 0 Å². The maximum absolute atomic E-state index is 10.5. The van der Waals surface area contributed by atoms with Gasteiger partial charge in [0.2, 0.25) is 0 Å². The van der Waals surface area contributed by atoms with Crippen molar-refractivity contribution in [1.29, 1.82) is 0 Å².